The molecule has 0 aliphatic carbocycles. The van der Waals surface area contributed by atoms with E-state index in [4.69, 9.17) is 9.47 Å². The van der Waals surface area contributed by atoms with Crippen molar-refractivity contribution < 1.29 is 14.3 Å². The summed E-state index contributed by atoms with van der Waals surface area (Å²) in [4.78, 5) is 21.4. The number of amides is 1. The van der Waals surface area contributed by atoms with E-state index >= 15 is 0 Å². The van der Waals surface area contributed by atoms with Crippen LogP contribution in [0.25, 0.3) is 0 Å². The highest BCUT2D eigenvalue weighted by atomic mass is 16.5. The van der Waals surface area contributed by atoms with Gasteiger partial charge in [-0.1, -0.05) is 6.92 Å². The summed E-state index contributed by atoms with van der Waals surface area (Å²) < 4.78 is 10.6. The molecular weight excluding hydrogens is 344 g/mol. The van der Waals surface area contributed by atoms with Gasteiger partial charge in [0.05, 0.1) is 14.2 Å². The number of nitrogens with zero attached hydrogens (tertiary/aromatic N) is 3. The lowest BCUT2D eigenvalue weighted by molar-refractivity contribution is 0.0643. The molecule has 3 rings (SSSR count). The Balaban J connectivity index is 1.71. The second-order valence-corrected chi connectivity index (χ2v) is 6.35. The molecule has 2 heterocycles. The molecule has 144 valence electrons. The van der Waals surface area contributed by atoms with Crippen LogP contribution in [0.15, 0.2) is 36.5 Å². The minimum atomic E-state index is 0.0449. The highest BCUT2D eigenvalue weighted by molar-refractivity contribution is 5.95. The van der Waals surface area contributed by atoms with Gasteiger partial charge in [-0.25, -0.2) is 4.98 Å². The maximum atomic E-state index is 12.8. The first-order valence-corrected chi connectivity index (χ1v) is 9.11. The molecule has 1 aromatic carbocycles. The smallest absolute Gasteiger partial charge is 0.254 e. The Morgan fingerprint density at radius 3 is 2.48 bits per heavy atom. The highest BCUT2D eigenvalue weighted by Gasteiger charge is 2.21. The normalized spacial score (nSPS) is 14.7. The fourth-order valence-electron chi connectivity index (χ4n) is 3.14. The molecule has 0 atom stereocenters. The number of piperazine rings is 1. The van der Waals surface area contributed by atoms with Crippen LogP contribution in [0.2, 0.25) is 0 Å². The Hall–Kier alpha value is -2.80. The van der Waals surface area contributed by atoms with Crippen LogP contribution >= 0.6 is 0 Å². The minimum absolute atomic E-state index is 0.0449. The number of methoxy groups -OCH3 is 2. The maximum absolute atomic E-state index is 12.8. The average Bonchev–Trinajstić information content (AvgIpc) is 2.73. The molecule has 1 aliphatic rings. The van der Waals surface area contributed by atoms with Gasteiger partial charge in [0.1, 0.15) is 5.82 Å². The topological polar surface area (TPSA) is 66.9 Å². The van der Waals surface area contributed by atoms with E-state index in [-0.39, 0.29) is 5.91 Å². The van der Waals surface area contributed by atoms with Crippen LogP contribution in [0.3, 0.4) is 0 Å². The Labute approximate surface area is 159 Å². The van der Waals surface area contributed by atoms with Crippen LogP contribution in [-0.4, -0.2) is 67.6 Å². The van der Waals surface area contributed by atoms with E-state index in [1.807, 2.05) is 23.1 Å². The number of likely N-dealkylation sites (N-methyl/N-ethyl adjacent to an activating group) is 1. The van der Waals surface area contributed by atoms with Crippen molar-refractivity contribution >= 4 is 17.4 Å². The zero-order valence-electron chi connectivity index (χ0n) is 16.1. The van der Waals surface area contributed by atoms with Crippen molar-refractivity contribution in [2.75, 3.05) is 52.3 Å². The van der Waals surface area contributed by atoms with Gasteiger partial charge in [0.2, 0.25) is 0 Å². The molecule has 1 saturated heterocycles. The molecule has 7 heteroatoms. The molecule has 0 unspecified atom stereocenters. The van der Waals surface area contributed by atoms with Gasteiger partial charge < -0.3 is 24.6 Å². The van der Waals surface area contributed by atoms with Crippen LogP contribution < -0.4 is 14.8 Å². The number of hydrogen-bond acceptors (Lipinski definition) is 6. The zero-order valence-corrected chi connectivity index (χ0v) is 16.1. The van der Waals surface area contributed by atoms with Crippen molar-refractivity contribution in [2.45, 2.75) is 6.92 Å². The number of benzene rings is 1. The summed E-state index contributed by atoms with van der Waals surface area (Å²) in [6, 6.07) is 9.07. The number of carbonyl (C=O) groups excluding carboxylic acids is 1. The summed E-state index contributed by atoms with van der Waals surface area (Å²) in [5.41, 5.74) is 1.44. The zero-order chi connectivity index (χ0) is 19.2. The van der Waals surface area contributed by atoms with Crippen molar-refractivity contribution in [3.8, 4) is 11.5 Å². The first-order chi connectivity index (χ1) is 13.1. The van der Waals surface area contributed by atoms with E-state index in [0.29, 0.717) is 22.9 Å². The lowest BCUT2D eigenvalue weighted by Crippen LogP contribution is -2.48. The molecular formula is C20H26N4O3. The van der Waals surface area contributed by atoms with Crippen molar-refractivity contribution in [3.05, 3.63) is 42.1 Å². The molecule has 27 heavy (non-hydrogen) atoms. The van der Waals surface area contributed by atoms with Crippen molar-refractivity contribution in [2.24, 2.45) is 0 Å². The third kappa shape index (κ3) is 4.49. The van der Waals surface area contributed by atoms with E-state index in [0.717, 1.165) is 38.4 Å². The number of carbonyl (C=O) groups is 1. The molecule has 0 saturated carbocycles. The van der Waals surface area contributed by atoms with Gasteiger partial charge in [0, 0.05) is 49.7 Å². The first-order valence-electron chi connectivity index (χ1n) is 9.11. The summed E-state index contributed by atoms with van der Waals surface area (Å²) in [5.74, 6) is 1.94. The molecule has 0 radical (unpaired) electrons. The van der Waals surface area contributed by atoms with Crippen LogP contribution in [-0.2, 0) is 0 Å². The standard InChI is InChI=1S/C20H26N4O3/c1-4-23-9-11-24(12-10-23)20(25)15-7-8-21-19(13-15)22-16-5-6-17(26-2)18(14-16)27-3/h5-8,13-14H,4,9-12H2,1-3H3,(H,21,22). The first kappa shape index (κ1) is 19.0. The summed E-state index contributed by atoms with van der Waals surface area (Å²) in [6.07, 6.45) is 1.65. The van der Waals surface area contributed by atoms with Crippen LogP contribution in [0.4, 0.5) is 11.5 Å². The molecule has 1 amide bonds. The van der Waals surface area contributed by atoms with E-state index in [1.54, 1.807) is 32.5 Å². The third-order valence-corrected chi connectivity index (χ3v) is 4.77. The molecule has 2 aromatic rings. The quantitative estimate of drug-likeness (QED) is 0.843. The number of pyridine rings is 1. The van der Waals surface area contributed by atoms with E-state index in [1.165, 1.54) is 0 Å². The third-order valence-electron chi connectivity index (χ3n) is 4.77. The van der Waals surface area contributed by atoms with Gasteiger partial charge in [-0.05, 0) is 30.8 Å². The van der Waals surface area contributed by atoms with Crippen molar-refractivity contribution in [3.63, 3.8) is 0 Å². The molecule has 1 fully saturated rings. The average molecular weight is 370 g/mol. The molecule has 0 spiro atoms. The molecule has 1 N–H and O–H groups in total. The predicted octanol–water partition coefficient (Wildman–Crippen LogP) is 2.62. The SMILES string of the molecule is CCN1CCN(C(=O)c2ccnc(Nc3ccc(OC)c(OC)c3)c2)CC1. The molecule has 1 aliphatic heterocycles. The van der Waals surface area contributed by atoms with Gasteiger partial charge in [0.25, 0.3) is 5.91 Å². The lowest BCUT2D eigenvalue weighted by atomic mass is 10.2. The lowest BCUT2D eigenvalue weighted by Gasteiger charge is -2.34. The number of ether oxygens (including phenoxy) is 2. The van der Waals surface area contributed by atoms with Gasteiger partial charge >= 0.3 is 0 Å². The van der Waals surface area contributed by atoms with Crippen LogP contribution in [0.5, 0.6) is 11.5 Å². The highest BCUT2D eigenvalue weighted by Crippen LogP contribution is 2.30. The Morgan fingerprint density at radius 1 is 1.07 bits per heavy atom. The van der Waals surface area contributed by atoms with Crippen LogP contribution in [0, 0.1) is 0 Å². The predicted molar refractivity (Wildman–Crippen MR) is 105 cm³/mol. The largest absolute Gasteiger partial charge is 0.493 e. The Bertz CT molecular complexity index is 789. The van der Waals surface area contributed by atoms with Crippen LogP contribution in [0.1, 0.15) is 17.3 Å². The Kier molecular flexibility index (Phi) is 6.13. The van der Waals surface area contributed by atoms with E-state index in [2.05, 4.69) is 22.1 Å². The number of rotatable bonds is 6. The monoisotopic (exact) mass is 370 g/mol. The van der Waals surface area contributed by atoms with Gasteiger partial charge in [-0.3, -0.25) is 4.79 Å². The Morgan fingerprint density at radius 2 is 1.81 bits per heavy atom. The van der Waals surface area contributed by atoms with E-state index in [9.17, 15) is 4.79 Å². The summed E-state index contributed by atoms with van der Waals surface area (Å²) in [6.45, 7) is 6.53. The van der Waals surface area contributed by atoms with Gasteiger partial charge in [-0.2, -0.15) is 0 Å². The van der Waals surface area contributed by atoms with Crippen molar-refractivity contribution in [1.29, 1.82) is 0 Å². The van der Waals surface area contributed by atoms with Crippen molar-refractivity contribution in [1.82, 2.24) is 14.8 Å². The fraction of sp³-hybridized carbons (Fsp3) is 0.400. The van der Waals surface area contributed by atoms with E-state index < -0.39 is 0 Å². The number of nitrogens with one attached hydrogen (secondary N) is 1. The summed E-state index contributed by atoms with van der Waals surface area (Å²) in [7, 11) is 3.19. The second-order valence-electron chi connectivity index (χ2n) is 6.35. The minimum Gasteiger partial charge on any atom is -0.493 e. The number of hydrogen-bond donors (Lipinski definition) is 1. The molecule has 1 aromatic heterocycles. The fourth-order valence-corrected chi connectivity index (χ4v) is 3.14. The second kappa shape index (κ2) is 8.73. The van der Waals surface area contributed by atoms with Gasteiger partial charge in [0.15, 0.2) is 11.5 Å². The van der Waals surface area contributed by atoms with Gasteiger partial charge in [-0.15, -0.1) is 0 Å². The summed E-state index contributed by atoms with van der Waals surface area (Å²) >= 11 is 0. The molecule has 0 bridgehead atoms. The number of aromatic nitrogens is 1. The maximum Gasteiger partial charge on any atom is 0.254 e. The number of anilines is 2. The summed E-state index contributed by atoms with van der Waals surface area (Å²) in [5, 5.41) is 3.22. The molecule has 7 nitrogen and oxygen atoms in total.